The van der Waals surface area contributed by atoms with Gasteiger partial charge >= 0.3 is 0 Å². The summed E-state index contributed by atoms with van der Waals surface area (Å²) in [7, 11) is 0. The Bertz CT molecular complexity index is 922. The molecule has 32 heavy (non-hydrogen) atoms. The number of benzene rings is 2. The first-order valence-corrected chi connectivity index (χ1v) is 11.7. The largest absolute Gasteiger partial charge is 0.494 e. The van der Waals surface area contributed by atoms with Crippen LogP contribution >= 0.6 is 0 Å². The van der Waals surface area contributed by atoms with E-state index in [1.54, 1.807) is 0 Å². The predicted octanol–water partition coefficient (Wildman–Crippen LogP) is 4.25. The van der Waals surface area contributed by atoms with Gasteiger partial charge in [-0.1, -0.05) is 6.07 Å². The van der Waals surface area contributed by atoms with E-state index in [1.807, 2.05) is 65.3 Å². The van der Waals surface area contributed by atoms with Gasteiger partial charge in [-0.2, -0.15) is 0 Å². The van der Waals surface area contributed by atoms with Crippen LogP contribution in [0.25, 0.3) is 0 Å². The Morgan fingerprint density at radius 1 is 0.844 bits per heavy atom. The number of rotatable bonds is 7. The summed E-state index contributed by atoms with van der Waals surface area (Å²) in [6.07, 6.45) is 4.15. The fourth-order valence-corrected chi connectivity index (χ4v) is 4.46. The molecular weight excluding hydrogens is 404 g/mol. The second kappa shape index (κ2) is 10.5. The van der Waals surface area contributed by atoms with Crippen molar-refractivity contribution in [3.05, 3.63) is 59.7 Å². The second-order valence-corrected chi connectivity index (χ2v) is 8.55. The Labute approximate surface area is 190 Å². The fourth-order valence-electron chi connectivity index (χ4n) is 4.46. The zero-order chi connectivity index (χ0) is 22.3. The molecule has 0 aliphatic carbocycles. The van der Waals surface area contributed by atoms with Gasteiger partial charge in [0.1, 0.15) is 11.5 Å². The minimum Gasteiger partial charge on any atom is -0.494 e. The van der Waals surface area contributed by atoms with Gasteiger partial charge < -0.3 is 19.3 Å². The van der Waals surface area contributed by atoms with Gasteiger partial charge in [-0.05, 0) is 75.1 Å². The van der Waals surface area contributed by atoms with Gasteiger partial charge in [-0.25, -0.2) is 0 Å². The lowest BCUT2D eigenvalue weighted by Crippen LogP contribution is -2.41. The van der Waals surface area contributed by atoms with E-state index in [9.17, 15) is 9.59 Å². The molecule has 2 fully saturated rings. The summed E-state index contributed by atoms with van der Waals surface area (Å²) in [4.78, 5) is 29.4. The molecule has 0 N–H and O–H groups in total. The number of hydrogen-bond donors (Lipinski definition) is 0. The van der Waals surface area contributed by atoms with E-state index in [-0.39, 0.29) is 17.7 Å². The van der Waals surface area contributed by atoms with Crippen LogP contribution in [0.4, 0.5) is 0 Å². The Morgan fingerprint density at radius 2 is 1.56 bits per heavy atom. The van der Waals surface area contributed by atoms with Crippen molar-refractivity contribution < 1.29 is 19.1 Å². The lowest BCUT2D eigenvalue weighted by molar-refractivity contribution is 0.0632. The van der Waals surface area contributed by atoms with Gasteiger partial charge in [0.05, 0.1) is 13.2 Å². The Morgan fingerprint density at radius 3 is 2.31 bits per heavy atom. The van der Waals surface area contributed by atoms with Crippen molar-refractivity contribution in [1.82, 2.24) is 9.80 Å². The fraction of sp³-hybridized carbons (Fsp3) is 0.462. The summed E-state index contributed by atoms with van der Waals surface area (Å²) >= 11 is 0. The SMILES string of the molecule is CCOc1ccc(C(=O)N2CCC[C@@H](COc3cccc(C(=O)N4CCCC4)c3)C2)cc1. The molecule has 2 heterocycles. The van der Waals surface area contributed by atoms with Crippen molar-refractivity contribution >= 4 is 11.8 Å². The number of likely N-dealkylation sites (tertiary alicyclic amines) is 2. The highest BCUT2D eigenvalue weighted by molar-refractivity contribution is 5.95. The highest BCUT2D eigenvalue weighted by Gasteiger charge is 2.25. The molecule has 0 bridgehead atoms. The number of amides is 2. The van der Waals surface area contributed by atoms with Crippen molar-refractivity contribution in [2.75, 3.05) is 39.4 Å². The smallest absolute Gasteiger partial charge is 0.253 e. The molecule has 0 aromatic heterocycles. The van der Waals surface area contributed by atoms with Gasteiger partial charge in [0.15, 0.2) is 0 Å². The van der Waals surface area contributed by atoms with Crippen LogP contribution in [0.3, 0.4) is 0 Å². The summed E-state index contributed by atoms with van der Waals surface area (Å²) < 4.78 is 11.5. The molecule has 2 aliphatic rings. The predicted molar refractivity (Wildman–Crippen MR) is 123 cm³/mol. The third-order valence-corrected chi connectivity index (χ3v) is 6.18. The van der Waals surface area contributed by atoms with E-state index in [0.29, 0.717) is 36.6 Å². The Hall–Kier alpha value is -3.02. The molecule has 0 spiro atoms. The minimum atomic E-state index is 0.0518. The maximum absolute atomic E-state index is 12.9. The van der Waals surface area contributed by atoms with Gasteiger partial charge in [-0.3, -0.25) is 9.59 Å². The molecule has 0 saturated carbocycles. The zero-order valence-electron chi connectivity index (χ0n) is 18.8. The molecule has 1 atom stereocenters. The molecule has 6 nitrogen and oxygen atoms in total. The quantitative estimate of drug-likeness (QED) is 0.651. The minimum absolute atomic E-state index is 0.0518. The summed E-state index contributed by atoms with van der Waals surface area (Å²) in [5, 5.41) is 0. The van der Waals surface area contributed by atoms with Gasteiger partial charge in [0.2, 0.25) is 0 Å². The van der Waals surface area contributed by atoms with E-state index in [2.05, 4.69) is 0 Å². The lowest BCUT2D eigenvalue weighted by Gasteiger charge is -2.32. The second-order valence-electron chi connectivity index (χ2n) is 8.55. The number of carbonyl (C=O) groups is 2. The van der Waals surface area contributed by atoms with Crippen LogP contribution in [0.5, 0.6) is 11.5 Å². The molecule has 170 valence electrons. The summed E-state index contributed by atoms with van der Waals surface area (Å²) in [5.74, 6) is 1.89. The number of hydrogen-bond acceptors (Lipinski definition) is 4. The van der Waals surface area contributed by atoms with Gasteiger partial charge in [0, 0.05) is 43.2 Å². The Balaban J connectivity index is 1.32. The van der Waals surface area contributed by atoms with Crippen molar-refractivity contribution in [3.63, 3.8) is 0 Å². The summed E-state index contributed by atoms with van der Waals surface area (Å²) in [6.45, 7) is 6.21. The monoisotopic (exact) mass is 436 g/mol. The molecule has 0 unspecified atom stereocenters. The van der Waals surface area contributed by atoms with Gasteiger partial charge in [-0.15, -0.1) is 0 Å². The van der Waals surface area contributed by atoms with Crippen LogP contribution in [0.2, 0.25) is 0 Å². The normalized spacial score (nSPS) is 18.5. The first kappa shape index (κ1) is 22.2. The van der Waals surface area contributed by atoms with Crippen molar-refractivity contribution in [2.24, 2.45) is 5.92 Å². The number of carbonyl (C=O) groups excluding carboxylic acids is 2. The third kappa shape index (κ3) is 5.42. The standard InChI is InChI=1S/C26H32N2O4/c1-2-31-23-12-10-21(11-13-23)25(29)28-16-6-7-20(18-28)19-32-24-9-5-8-22(17-24)26(30)27-14-3-4-15-27/h5,8-13,17,20H,2-4,6-7,14-16,18-19H2,1H3/t20-/m1/s1. The van der Waals surface area contributed by atoms with Crippen LogP contribution in [-0.4, -0.2) is 61.0 Å². The molecule has 2 aromatic rings. The maximum atomic E-state index is 12.9. The molecule has 2 saturated heterocycles. The van der Waals surface area contributed by atoms with Crippen molar-refractivity contribution in [2.45, 2.75) is 32.6 Å². The molecule has 0 radical (unpaired) electrons. The third-order valence-electron chi connectivity index (χ3n) is 6.18. The van der Waals surface area contributed by atoms with Crippen LogP contribution in [-0.2, 0) is 0 Å². The average Bonchev–Trinajstić information content (AvgIpc) is 3.38. The van der Waals surface area contributed by atoms with E-state index >= 15 is 0 Å². The molecule has 2 aliphatic heterocycles. The zero-order valence-corrected chi connectivity index (χ0v) is 18.8. The lowest BCUT2D eigenvalue weighted by atomic mass is 9.98. The number of piperidine rings is 1. The van der Waals surface area contributed by atoms with E-state index in [4.69, 9.17) is 9.47 Å². The average molecular weight is 437 g/mol. The molecule has 6 heteroatoms. The molecule has 2 aromatic carbocycles. The van der Waals surface area contributed by atoms with Crippen LogP contribution in [0.15, 0.2) is 48.5 Å². The van der Waals surface area contributed by atoms with Crippen molar-refractivity contribution in [1.29, 1.82) is 0 Å². The number of ether oxygens (including phenoxy) is 2. The first-order chi connectivity index (χ1) is 15.6. The summed E-state index contributed by atoms with van der Waals surface area (Å²) in [5.41, 5.74) is 1.36. The molecule has 2 amide bonds. The topological polar surface area (TPSA) is 59.1 Å². The number of nitrogens with zero attached hydrogens (tertiary/aromatic N) is 2. The van der Waals surface area contributed by atoms with Crippen molar-refractivity contribution in [3.8, 4) is 11.5 Å². The molecular formula is C26H32N2O4. The first-order valence-electron chi connectivity index (χ1n) is 11.7. The van der Waals surface area contributed by atoms with Crippen LogP contribution in [0, 0.1) is 5.92 Å². The van der Waals surface area contributed by atoms with Crippen LogP contribution in [0.1, 0.15) is 53.3 Å². The summed E-state index contributed by atoms with van der Waals surface area (Å²) in [6, 6.07) is 14.8. The highest BCUT2D eigenvalue weighted by atomic mass is 16.5. The Kier molecular flexibility index (Phi) is 7.30. The van der Waals surface area contributed by atoms with E-state index < -0.39 is 0 Å². The van der Waals surface area contributed by atoms with E-state index in [1.165, 1.54) is 0 Å². The maximum Gasteiger partial charge on any atom is 0.253 e. The highest BCUT2D eigenvalue weighted by Crippen LogP contribution is 2.23. The van der Waals surface area contributed by atoms with E-state index in [0.717, 1.165) is 51.1 Å². The molecule has 4 rings (SSSR count). The van der Waals surface area contributed by atoms with Crippen LogP contribution < -0.4 is 9.47 Å². The van der Waals surface area contributed by atoms with Gasteiger partial charge in [0.25, 0.3) is 11.8 Å².